The monoisotopic (exact) mass is 298 g/mol. The van der Waals surface area contributed by atoms with E-state index in [1.807, 2.05) is 6.08 Å². The minimum Gasteiger partial charge on any atom is -0.392 e. The van der Waals surface area contributed by atoms with Gasteiger partial charge in [-0.15, -0.1) is 6.42 Å². The van der Waals surface area contributed by atoms with E-state index in [9.17, 15) is 9.90 Å². The van der Waals surface area contributed by atoms with Crippen molar-refractivity contribution in [1.82, 2.24) is 0 Å². The van der Waals surface area contributed by atoms with Crippen molar-refractivity contribution in [2.75, 3.05) is 0 Å². The van der Waals surface area contributed by atoms with Gasteiger partial charge in [-0.1, -0.05) is 18.4 Å². The van der Waals surface area contributed by atoms with Gasteiger partial charge in [-0.05, 0) is 74.2 Å². The van der Waals surface area contributed by atoms with Crippen LogP contribution in [0.4, 0.5) is 0 Å². The van der Waals surface area contributed by atoms with E-state index in [0.717, 1.165) is 44.9 Å². The lowest BCUT2D eigenvalue weighted by Crippen LogP contribution is -2.51. The van der Waals surface area contributed by atoms with E-state index in [-0.39, 0.29) is 16.9 Å². The topological polar surface area (TPSA) is 37.3 Å². The summed E-state index contributed by atoms with van der Waals surface area (Å²) in [6.07, 6.45) is 15.5. The number of rotatable bonds is 0. The predicted molar refractivity (Wildman–Crippen MR) is 85.9 cm³/mol. The summed E-state index contributed by atoms with van der Waals surface area (Å²) in [7, 11) is 0. The first-order valence-corrected chi connectivity index (χ1v) is 8.91. The summed E-state index contributed by atoms with van der Waals surface area (Å²) in [5.74, 6) is 5.13. The fourth-order valence-corrected chi connectivity index (χ4v) is 6.48. The van der Waals surface area contributed by atoms with Crippen LogP contribution in [0.2, 0.25) is 0 Å². The van der Waals surface area contributed by atoms with E-state index >= 15 is 0 Å². The number of carbonyl (C=O) groups is 1. The summed E-state index contributed by atoms with van der Waals surface area (Å²) in [5.41, 5.74) is 1.34. The number of aliphatic hydroxyl groups excluding tert-OH is 1. The van der Waals surface area contributed by atoms with E-state index in [2.05, 4.69) is 12.8 Å². The summed E-state index contributed by atoms with van der Waals surface area (Å²) in [6, 6.07) is 0. The van der Waals surface area contributed by atoms with Gasteiger partial charge < -0.3 is 5.11 Å². The predicted octanol–water partition coefficient (Wildman–Crippen LogP) is 3.49. The second-order valence-electron chi connectivity index (χ2n) is 8.29. The minimum absolute atomic E-state index is 0.200. The molecule has 2 nitrogen and oxygen atoms in total. The summed E-state index contributed by atoms with van der Waals surface area (Å²) in [6.45, 7) is 2.39. The lowest BCUT2D eigenvalue weighted by molar-refractivity contribution is -0.117. The molecule has 118 valence electrons. The zero-order valence-electron chi connectivity index (χ0n) is 13.5. The Morgan fingerprint density at radius 1 is 1.18 bits per heavy atom. The van der Waals surface area contributed by atoms with Gasteiger partial charge in [0.2, 0.25) is 0 Å². The standard InChI is InChI=1S/C20H26O2/c1-3-20-11-9-16-15(17(20)6-7-18(20)22)5-4-13-12-14(21)8-10-19(13,16)2/h1,12,15-18,22H,4-11H2,2H3/t15-,16+,17+,18+,19+,20+/m1/s1. The second kappa shape index (κ2) is 4.71. The fraction of sp³-hybridized carbons (Fsp3) is 0.750. The van der Waals surface area contributed by atoms with Crippen molar-refractivity contribution in [1.29, 1.82) is 0 Å². The fourth-order valence-electron chi connectivity index (χ4n) is 6.48. The van der Waals surface area contributed by atoms with Crippen LogP contribution in [0.3, 0.4) is 0 Å². The number of allylic oxidation sites excluding steroid dienone is 1. The van der Waals surface area contributed by atoms with Crippen LogP contribution in [0.15, 0.2) is 11.6 Å². The molecule has 0 unspecified atom stereocenters. The molecule has 0 amide bonds. The van der Waals surface area contributed by atoms with Gasteiger partial charge in [-0.25, -0.2) is 0 Å². The Balaban J connectivity index is 1.71. The summed E-state index contributed by atoms with van der Waals surface area (Å²) in [5, 5.41) is 10.5. The van der Waals surface area contributed by atoms with Crippen LogP contribution < -0.4 is 0 Å². The summed E-state index contributed by atoms with van der Waals surface area (Å²) < 4.78 is 0. The molecule has 1 N–H and O–H groups in total. The van der Waals surface area contributed by atoms with Crippen molar-refractivity contribution in [3.63, 3.8) is 0 Å². The lowest BCUT2D eigenvalue weighted by atomic mass is 9.47. The number of aliphatic hydroxyl groups is 1. The first kappa shape index (κ1) is 14.5. The smallest absolute Gasteiger partial charge is 0.155 e. The molecule has 3 fully saturated rings. The Morgan fingerprint density at radius 2 is 2.00 bits per heavy atom. The van der Waals surface area contributed by atoms with E-state index in [1.165, 1.54) is 5.57 Å². The largest absolute Gasteiger partial charge is 0.392 e. The first-order chi connectivity index (χ1) is 10.5. The van der Waals surface area contributed by atoms with Crippen LogP contribution in [0.25, 0.3) is 0 Å². The number of fused-ring (bicyclic) bond motifs is 5. The van der Waals surface area contributed by atoms with Crippen LogP contribution in [0, 0.1) is 40.9 Å². The molecule has 4 aliphatic carbocycles. The SMILES string of the molecule is C#C[C@]12CC[C@H]3[C@@H](CCC4=CC(=O)CC[C@@]43C)[C@@H]1CC[C@@H]2O. The molecule has 0 radical (unpaired) electrons. The van der Waals surface area contributed by atoms with Crippen LogP contribution in [-0.2, 0) is 4.79 Å². The average Bonchev–Trinajstić information content (AvgIpc) is 2.86. The van der Waals surface area contributed by atoms with Gasteiger partial charge in [-0.2, -0.15) is 0 Å². The molecular formula is C20H26O2. The molecular weight excluding hydrogens is 272 g/mol. The molecule has 0 aromatic heterocycles. The first-order valence-electron chi connectivity index (χ1n) is 8.91. The molecule has 0 bridgehead atoms. The highest BCUT2D eigenvalue weighted by atomic mass is 16.3. The zero-order valence-corrected chi connectivity index (χ0v) is 13.5. The molecule has 6 atom stereocenters. The van der Waals surface area contributed by atoms with E-state index in [0.29, 0.717) is 30.0 Å². The van der Waals surface area contributed by atoms with Gasteiger partial charge in [0.05, 0.1) is 11.5 Å². The third kappa shape index (κ3) is 1.69. The molecule has 3 saturated carbocycles. The van der Waals surface area contributed by atoms with Gasteiger partial charge in [0.25, 0.3) is 0 Å². The van der Waals surface area contributed by atoms with Crippen LogP contribution in [0.1, 0.15) is 58.3 Å². The molecule has 4 aliphatic rings. The number of hydrogen-bond donors (Lipinski definition) is 1. The highest BCUT2D eigenvalue weighted by molar-refractivity contribution is 5.91. The third-order valence-corrected chi connectivity index (χ3v) is 7.70. The Kier molecular flexibility index (Phi) is 3.11. The lowest BCUT2D eigenvalue weighted by Gasteiger charge is -2.57. The maximum absolute atomic E-state index is 11.8. The van der Waals surface area contributed by atoms with Crippen molar-refractivity contribution in [3.8, 4) is 12.3 Å². The quantitative estimate of drug-likeness (QED) is 0.695. The van der Waals surface area contributed by atoms with Crippen LogP contribution in [-0.4, -0.2) is 17.0 Å². The van der Waals surface area contributed by atoms with Gasteiger partial charge >= 0.3 is 0 Å². The van der Waals surface area contributed by atoms with Crippen molar-refractivity contribution in [2.45, 2.75) is 64.4 Å². The van der Waals surface area contributed by atoms with Crippen LogP contribution >= 0.6 is 0 Å². The number of carbonyl (C=O) groups excluding carboxylic acids is 1. The van der Waals surface area contributed by atoms with Crippen molar-refractivity contribution in [3.05, 3.63) is 11.6 Å². The highest BCUT2D eigenvalue weighted by Crippen LogP contribution is 2.65. The molecule has 0 aromatic carbocycles. The Labute approximate surface area is 133 Å². The molecule has 0 heterocycles. The molecule has 4 rings (SSSR count). The Bertz CT molecular complexity index is 583. The van der Waals surface area contributed by atoms with Gasteiger partial charge in [0.15, 0.2) is 5.78 Å². The van der Waals surface area contributed by atoms with Crippen molar-refractivity contribution in [2.24, 2.45) is 28.6 Å². The van der Waals surface area contributed by atoms with E-state index in [4.69, 9.17) is 6.42 Å². The average molecular weight is 298 g/mol. The second-order valence-corrected chi connectivity index (χ2v) is 8.29. The molecule has 0 aliphatic heterocycles. The van der Waals surface area contributed by atoms with Gasteiger partial charge in [-0.3, -0.25) is 4.79 Å². The molecule has 2 heteroatoms. The normalized spacial score (nSPS) is 50.4. The van der Waals surface area contributed by atoms with Crippen LogP contribution in [0.5, 0.6) is 0 Å². The van der Waals surface area contributed by atoms with Crippen molar-refractivity contribution >= 4 is 5.78 Å². The Morgan fingerprint density at radius 3 is 2.77 bits per heavy atom. The zero-order chi connectivity index (χ0) is 15.5. The maximum atomic E-state index is 11.8. The maximum Gasteiger partial charge on any atom is 0.155 e. The van der Waals surface area contributed by atoms with E-state index < -0.39 is 0 Å². The third-order valence-electron chi connectivity index (χ3n) is 7.70. The summed E-state index contributed by atoms with van der Waals surface area (Å²) >= 11 is 0. The summed E-state index contributed by atoms with van der Waals surface area (Å²) in [4.78, 5) is 11.8. The number of hydrogen-bond acceptors (Lipinski definition) is 2. The molecule has 0 spiro atoms. The van der Waals surface area contributed by atoms with Gasteiger partial charge in [0.1, 0.15) is 0 Å². The number of ketones is 1. The Hall–Kier alpha value is -1.07. The van der Waals surface area contributed by atoms with E-state index in [1.54, 1.807) is 0 Å². The molecule has 22 heavy (non-hydrogen) atoms. The van der Waals surface area contributed by atoms with Crippen molar-refractivity contribution < 1.29 is 9.90 Å². The highest BCUT2D eigenvalue weighted by Gasteiger charge is 2.60. The minimum atomic E-state index is -0.305. The number of terminal acetylenes is 1. The molecule has 0 aromatic rings. The van der Waals surface area contributed by atoms with Gasteiger partial charge in [0, 0.05) is 6.42 Å². The molecule has 0 saturated heterocycles.